The molecular weight excluding hydrogens is 280 g/mol. The summed E-state index contributed by atoms with van der Waals surface area (Å²) >= 11 is 0. The largest absolute Gasteiger partial charge is 0.481 e. The summed E-state index contributed by atoms with van der Waals surface area (Å²) in [5.41, 5.74) is 14.1. The van der Waals surface area contributed by atoms with Crippen LogP contribution < -0.4 is 22.5 Å². The quantitative estimate of drug-likeness (QED) is 0.374. The number of aliphatic carboxylic acids is 1. The van der Waals surface area contributed by atoms with Crippen LogP contribution in [0.2, 0.25) is 0 Å². The summed E-state index contributed by atoms with van der Waals surface area (Å²) in [5, 5.41) is 10.5. The predicted octanol–water partition coefficient (Wildman–Crippen LogP) is -1.41. The van der Waals surface area contributed by atoms with E-state index in [2.05, 4.69) is 11.1 Å². The number of amides is 2. The molecular formula is C12H28N4O5. The molecule has 0 aliphatic rings. The van der Waals surface area contributed by atoms with Crippen LogP contribution in [0.25, 0.3) is 0 Å². The third kappa shape index (κ3) is 56.9. The monoisotopic (exact) mass is 308 g/mol. The Labute approximate surface area is 125 Å². The van der Waals surface area contributed by atoms with Crippen molar-refractivity contribution in [2.45, 2.75) is 33.1 Å². The fraction of sp³-hybridized carbons (Fsp3) is 0.667. The summed E-state index contributed by atoms with van der Waals surface area (Å²) in [6, 6.07) is 0. The van der Waals surface area contributed by atoms with Crippen LogP contribution in [-0.2, 0) is 19.2 Å². The summed E-state index contributed by atoms with van der Waals surface area (Å²) in [6.45, 7) is 3.89. The average molecular weight is 308 g/mol. The van der Waals surface area contributed by atoms with Crippen molar-refractivity contribution in [1.82, 2.24) is 5.32 Å². The van der Waals surface area contributed by atoms with Gasteiger partial charge in [0.25, 0.3) is 0 Å². The zero-order valence-electron chi connectivity index (χ0n) is 12.9. The number of hydrogen-bond donors (Lipinski definition) is 5. The van der Waals surface area contributed by atoms with Gasteiger partial charge in [-0.2, -0.15) is 0 Å². The number of rotatable bonds is 6. The Morgan fingerprint density at radius 3 is 1.86 bits per heavy atom. The molecule has 0 aromatic carbocycles. The molecule has 0 fully saturated rings. The molecule has 0 aliphatic carbocycles. The zero-order valence-corrected chi connectivity index (χ0v) is 12.9. The fourth-order valence-electron chi connectivity index (χ4n) is 0.674. The van der Waals surface area contributed by atoms with Gasteiger partial charge in [0, 0.05) is 12.8 Å². The van der Waals surface area contributed by atoms with Gasteiger partial charge in [-0.05, 0) is 26.9 Å². The molecule has 0 aromatic heterocycles. The maximum Gasteiger partial charge on any atom is 0.303 e. The Kier molecular flexibility index (Phi) is 34.6. The van der Waals surface area contributed by atoms with Crippen molar-refractivity contribution in [3.63, 3.8) is 0 Å². The molecule has 0 aliphatic heterocycles. The van der Waals surface area contributed by atoms with Crippen LogP contribution in [0.1, 0.15) is 33.1 Å². The van der Waals surface area contributed by atoms with Gasteiger partial charge in [0.15, 0.2) is 0 Å². The Hall–Kier alpha value is -2.00. The van der Waals surface area contributed by atoms with E-state index in [9.17, 15) is 14.4 Å². The van der Waals surface area contributed by atoms with Gasteiger partial charge in [0.05, 0.1) is 6.54 Å². The van der Waals surface area contributed by atoms with Crippen molar-refractivity contribution >= 4 is 24.1 Å². The lowest BCUT2D eigenvalue weighted by atomic mass is 10.2. The Morgan fingerprint density at radius 2 is 1.57 bits per heavy atom. The molecule has 0 heterocycles. The highest BCUT2D eigenvalue weighted by atomic mass is 16.4. The number of hydrogen-bond acceptors (Lipinski definition) is 6. The molecule has 0 atom stereocenters. The maximum atomic E-state index is 10.8. The summed E-state index contributed by atoms with van der Waals surface area (Å²) in [5.74, 6) is -1.92. The second kappa shape index (κ2) is 26.5. The van der Waals surface area contributed by atoms with Crippen molar-refractivity contribution in [2.24, 2.45) is 17.2 Å². The second-order valence-corrected chi connectivity index (χ2v) is 3.13. The smallest absolute Gasteiger partial charge is 0.303 e. The highest BCUT2D eigenvalue weighted by molar-refractivity contribution is 5.83. The highest BCUT2D eigenvalue weighted by Crippen LogP contribution is 1.94. The van der Waals surface area contributed by atoms with E-state index in [4.69, 9.17) is 21.4 Å². The molecule has 8 N–H and O–H groups in total. The molecule has 0 bridgehead atoms. The number of carboxylic acid groups (broad SMARTS) is 1. The van der Waals surface area contributed by atoms with Gasteiger partial charge in [-0.1, -0.05) is 6.92 Å². The number of carboxylic acids is 1. The maximum absolute atomic E-state index is 10.8. The number of aldehydes is 1. The average Bonchev–Trinajstić information content (AvgIpc) is 2.40. The lowest BCUT2D eigenvalue weighted by Gasteiger charge is -2.00. The topological polar surface area (TPSA) is 179 Å². The summed E-state index contributed by atoms with van der Waals surface area (Å²) in [7, 11) is 1.50. The van der Waals surface area contributed by atoms with Gasteiger partial charge in [0.2, 0.25) is 11.8 Å². The highest BCUT2D eigenvalue weighted by Gasteiger charge is 2.03. The van der Waals surface area contributed by atoms with Crippen LogP contribution in [0.5, 0.6) is 0 Å². The van der Waals surface area contributed by atoms with Crippen molar-refractivity contribution in [2.75, 3.05) is 20.1 Å². The molecule has 126 valence electrons. The minimum absolute atomic E-state index is 0.0516. The normalized spacial score (nSPS) is 7.48. The molecule has 0 aromatic rings. The van der Waals surface area contributed by atoms with Gasteiger partial charge >= 0.3 is 5.97 Å². The third-order valence-corrected chi connectivity index (χ3v) is 1.25. The summed E-state index contributed by atoms with van der Waals surface area (Å²) in [6.07, 6.45) is 1.06. The molecule has 0 saturated heterocycles. The first-order chi connectivity index (χ1) is 9.85. The molecule has 21 heavy (non-hydrogen) atoms. The first-order valence-corrected chi connectivity index (χ1v) is 6.29. The predicted molar refractivity (Wildman–Crippen MR) is 80.3 cm³/mol. The Balaban J connectivity index is -0.000000151. The first kappa shape index (κ1) is 27.4. The molecule has 0 saturated carbocycles. The minimum Gasteiger partial charge on any atom is -0.481 e. The molecule has 0 radical (unpaired) electrons. The van der Waals surface area contributed by atoms with Gasteiger partial charge in [-0.25, -0.2) is 0 Å². The van der Waals surface area contributed by atoms with Gasteiger partial charge in [0.1, 0.15) is 6.29 Å². The third-order valence-electron chi connectivity index (χ3n) is 1.25. The summed E-state index contributed by atoms with van der Waals surface area (Å²) < 4.78 is 0. The summed E-state index contributed by atoms with van der Waals surface area (Å²) in [4.78, 5) is 39.9. The molecule has 9 heteroatoms. The number of nitrogens with one attached hydrogen (secondary N) is 1. The van der Waals surface area contributed by atoms with E-state index in [1.54, 1.807) is 0 Å². The van der Waals surface area contributed by atoms with E-state index in [0.717, 1.165) is 12.8 Å². The number of carbonyl (C=O) groups excluding carboxylic acids is 3. The van der Waals surface area contributed by atoms with Crippen molar-refractivity contribution in [1.29, 1.82) is 0 Å². The minimum atomic E-state index is -0.942. The lowest BCUT2D eigenvalue weighted by Crippen LogP contribution is -2.33. The van der Waals surface area contributed by atoms with Gasteiger partial charge in [-0.3, -0.25) is 14.4 Å². The van der Waals surface area contributed by atoms with Gasteiger partial charge in [-0.15, -0.1) is 0 Å². The van der Waals surface area contributed by atoms with Crippen LogP contribution in [-0.4, -0.2) is 49.3 Å². The van der Waals surface area contributed by atoms with E-state index in [0.29, 0.717) is 0 Å². The SMILES string of the molecule is CC=O.CCN.CN.NC(=O)CNC(=O)CCCC(=O)O. The number of primary amides is 1. The van der Waals surface area contributed by atoms with E-state index in [-0.39, 0.29) is 31.7 Å². The Morgan fingerprint density at radius 1 is 1.19 bits per heavy atom. The van der Waals surface area contributed by atoms with Crippen LogP contribution in [0.4, 0.5) is 0 Å². The van der Waals surface area contributed by atoms with Crippen LogP contribution in [0, 0.1) is 0 Å². The van der Waals surface area contributed by atoms with E-state index in [1.165, 1.54) is 14.0 Å². The van der Waals surface area contributed by atoms with Crippen molar-refractivity contribution in [3.8, 4) is 0 Å². The molecule has 0 unspecified atom stereocenters. The van der Waals surface area contributed by atoms with E-state index in [1.807, 2.05) is 6.92 Å². The van der Waals surface area contributed by atoms with E-state index >= 15 is 0 Å². The fourth-order valence-corrected chi connectivity index (χ4v) is 0.674. The second-order valence-electron chi connectivity index (χ2n) is 3.13. The van der Waals surface area contributed by atoms with Crippen LogP contribution >= 0.6 is 0 Å². The van der Waals surface area contributed by atoms with E-state index < -0.39 is 11.9 Å². The number of nitrogens with two attached hydrogens (primary N) is 3. The van der Waals surface area contributed by atoms with Crippen LogP contribution in [0.3, 0.4) is 0 Å². The standard InChI is InChI=1S/C7H12N2O4.C2H7N.C2H4O.CH5N/c8-5(10)4-9-6(11)2-1-3-7(12)13;2*1-2-3;1-2/h1-4H2,(H2,8,10)(H,9,11)(H,12,13);2-3H2,1H3;2H,1H3;2H2,1H3. The Bertz CT molecular complexity index is 272. The molecule has 2 amide bonds. The van der Waals surface area contributed by atoms with Crippen molar-refractivity contribution in [3.05, 3.63) is 0 Å². The molecule has 0 rings (SSSR count). The molecule has 0 spiro atoms. The van der Waals surface area contributed by atoms with Gasteiger partial charge < -0.3 is 32.4 Å². The number of carbonyl (C=O) groups is 4. The van der Waals surface area contributed by atoms with Crippen molar-refractivity contribution < 1.29 is 24.3 Å². The van der Waals surface area contributed by atoms with Crippen LogP contribution in [0.15, 0.2) is 0 Å². The molecule has 9 nitrogen and oxygen atoms in total. The lowest BCUT2D eigenvalue weighted by molar-refractivity contribution is -0.137. The zero-order chi connectivity index (χ0) is 17.7. The first-order valence-electron chi connectivity index (χ1n) is 6.29.